The molecule has 0 heterocycles. The number of hydrogen-bond donors (Lipinski definition) is 2. The first-order valence-electron chi connectivity index (χ1n) is 4.12. The van der Waals surface area contributed by atoms with Crippen LogP contribution in [0.2, 0.25) is 0 Å². The molecule has 0 spiro atoms. The third kappa shape index (κ3) is 2.99. The summed E-state index contributed by atoms with van der Waals surface area (Å²) in [6.45, 7) is 0. The molecule has 0 saturated heterocycles. The van der Waals surface area contributed by atoms with Crippen molar-refractivity contribution >= 4 is 18.4 Å². The van der Waals surface area contributed by atoms with E-state index in [1.807, 2.05) is 0 Å². The first-order valence-corrected chi connectivity index (χ1v) is 4.12. The van der Waals surface area contributed by atoms with Crippen LogP contribution in [0.5, 0.6) is 0 Å². The summed E-state index contributed by atoms with van der Waals surface area (Å²) in [6, 6.07) is 0. The molecule has 1 rings (SSSR count). The second kappa shape index (κ2) is 5.38. The Morgan fingerprint density at radius 3 is 2.17 bits per heavy atom. The van der Waals surface area contributed by atoms with Crippen LogP contribution in [-0.2, 0) is 4.79 Å². The second-order valence-electron chi connectivity index (χ2n) is 3.18. The quantitative estimate of drug-likeness (QED) is 0.700. The van der Waals surface area contributed by atoms with Gasteiger partial charge in [-0.1, -0.05) is 19.3 Å². The molecule has 0 aromatic heterocycles. The summed E-state index contributed by atoms with van der Waals surface area (Å²) in [5.74, 6) is -1.07. The van der Waals surface area contributed by atoms with Gasteiger partial charge in [0, 0.05) is 0 Å². The highest BCUT2D eigenvalue weighted by molar-refractivity contribution is 5.85. The van der Waals surface area contributed by atoms with Crippen molar-refractivity contribution in [3.05, 3.63) is 0 Å². The fraction of sp³-hybridized carbons (Fsp3) is 0.875. The van der Waals surface area contributed by atoms with E-state index >= 15 is 0 Å². The zero-order chi connectivity index (χ0) is 8.27. The van der Waals surface area contributed by atoms with Gasteiger partial charge in [0.05, 0.1) is 0 Å². The minimum Gasteiger partial charge on any atom is -0.479 e. The molecule has 0 aromatic carbocycles. The molecule has 72 valence electrons. The lowest BCUT2D eigenvalue weighted by Crippen LogP contribution is -2.30. The predicted molar refractivity (Wildman–Crippen MR) is 47.5 cm³/mol. The second-order valence-corrected chi connectivity index (χ2v) is 3.18. The van der Waals surface area contributed by atoms with Gasteiger partial charge in [0.2, 0.25) is 0 Å². The molecule has 1 aliphatic rings. The number of aliphatic carboxylic acids is 1. The molecule has 3 nitrogen and oxygen atoms in total. The van der Waals surface area contributed by atoms with Gasteiger partial charge >= 0.3 is 5.97 Å². The van der Waals surface area contributed by atoms with Crippen LogP contribution in [-0.4, -0.2) is 22.3 Å². The Balaban J connectivity index is 0.00000121. The maximum Gasteiger partial charge on any atom is 0.332 e. The zero-order valence-corrected chi connectivity index (χ0v) is 7.72. The van der Waals surface area contributed by atoms with Crippen molar-refractivity contribution in [2.75, 3.05) is 0 Å². The molecule has 1 unspecified atom stereocenters. The molecule has 1 saturated carbocycles. The first kappa shape index (κ1) is 11.7. The summed E-state index contributed by atoms with van der Waals surface area (Å²) in [5, 5.41) is 17.6. The Morgan fingerprint density at radius 2 is 1.75 bits per heavy atom. The number of carboxylic acid groups (broad SMARTS) is 1. The molecule has 0 aromatic rings. The topological polar surface area (TPSA) is 57.5 Å². The monoisotopic (exact) mass is 194 g/mol. The molecule has 4 heteroatoms. The van der Waals surface area contributed by atoms with Crippen LogP contribution in [0.3, 0.4) is 0 Å². The summed E-state index contributed by atoms with van der Waals surface area (Å²) < 4.78 is 0. The Morgan fingerprint density at radius 1 is 1.25 bits per heavy atom. The van der Waals surface area contributed by atoms with Crippen LogP contribution in [0.15, 0.2) is 0 Å². The van der Waals surface area contributed by atoms with E-state index in [2.05, 4.69) is 0 Å². The van der Waals surface area contributed by atoms with Crippen molar-refractivity contribution < 1.29 is 15.0 Å². The minimum absolute atomic E-state index is 0. The first-order chi connectivity index (χ1) is 5.22. The number of aliphatic hydroxyl groups is 1. The molecular weight excluding hydrogens is 180 g/mol. The van der Waals surface area contributed by atoms with Gasteiger partial charge in [-0.25, -0.2) is 4.79 Å². The van der Waals surface area contributed by atoms with Crippen molar-refractivity contribution in [1.29, 1.82) is 0 Å². The zero-order valence-electron chi connectivity index (χ0n) is 6.90. The van der Waals surface area contributed by atoms with E-state index in [-0.39, 0.29) is 18.3 Å². The Hall–Kier alpha value is -0.280. The van der Waals surface area contributed by atoms with E-state index in [4.69, 9.17) is 10.2 Å². The third-order valence-corrected chi connectivity index (χ3v) is 2.35. The van der Waals surface area contributed by atoms with Crippen LogP contribution in [0.1, 0.15) is 32.1 Å². The lowest BCUT2D eigenvalue weighted by molar-refractivity contribution is -0.150. The van der Waals surface area contributed by atoms with Crippen LogP contribution < -0.4 is 0 Å². The van der Waals surface area contributed by atoms with Gasteiger partial charge in [-0.05, 0) is 18.8 Å². The Bertz CT molecular complexity index is 143. The molecule has 2 N–H and O–H groups in total. The van der Waals surface area contributed by atoms with E-state index in [0.717, 1.165) is 25.7 Å². The van der Waals surface area contributed by atoms with Crippen molar-refractivity contribution in [3.63, 3.8) is 0 Å². The molecule has 0 amide bonds. The number of carbonyl (C=O) groups is 1. The Kier molecular flexibility index (Phi) is 5.25. The van der Waals surface area contributed by atoms with E-state index < -0.39 is 12.1 Å². The summed E-state index contributed by atoms with van der Waals surface area (Å²) >= 11 is 0. The van der Waals surface area contributed by atoms with E-state index in [0.29, 0.717) is 0 Å². The fourth-order valence-corrected chi connectivity index (χ4v) is 1.65. The van der Waals surface area contributed by atoms with Gasteiger partial charge in [0.1, 0.15) is 0 Å². The fourth-order valence-electron chi connectivity index (χ4n) is 1.65. The van der Waals surface area contributed by atoms with Crippen molar-refractivity contribution in [2.24, 2.45) is 5.92 Å². The maximum absolute atomic E-state index is 10.3. The highest BCUT2D eigenvalue weighted by Gasteiger charge is 2.26. The van der Waals surface area contributed by atoms with Gasteiger partial charge in [0.15, 0.2) is 6.10 Å². The van der Waals surface area contributed by atoms with Crippen LogP contribution >= 0.6 is 12.4 Å². The largest absolute Gasteiger partial charge is 0.479 e. The molecule has 1 aliphatic carbocycles. The summed E-state index contributed by atoms with van der Waals surface area (Å²) in [7, 11) is 0. The minimum atomic E-state index is -1.13. The van der Waals surface area contributed by atoms with Gasteiger partial charge in [-0.2, -0.15) is 0 Å². The summed E-state index contributed by atoms with van der Waals surface area (Å²) in [5.41, 5.74) is 0. The highest BCUT2D eigenvalue weighted by atomic mass is 35.5. The van der Waals surface area contributed by atoms with Gasteiger partial charge in [0.25, 0.3) is 0 Å². The van der Waals surface area contributed by atoms with Crippen molar-refractivity contribution in [3.8, 4) is 0 Å². The SMILES string of the molecule is Cl.O=C(O)C(O)C1CCCCC1. The van der Waals surface area contributed by atoms with Crippen LogP contribution in [0.25, 0.3) is 0 Å². The smallest absolute Gasteiger partial charge is 0.332 e. The Labute approximate surface area is 78.2 Å². The number of aliphatic hydroxyl groups excluding tert-OH is 1. The standard InChI is InChI=1S/C8H14O3.ClH/c9-7(8(10)11)6-4-2-1-3-5-6;/h6-7,9H,1-5H2,(H,10,11);1H. The predicted octanol–water partition coefficient (Wildman–Crippen LogP) is 1.43. The lowest BCUT2D eigenvalue weighted by atomic mass is 9.85. The van der Waals surface area contributed by atoms with Crippen molar-refractivity contribution in [1.82, 2.24) is 0 Å². The van der Waals surface area contributed by atoms with E-state index in [1.54, 1.807) is 0 Å². The summed E-state index contributed by atoms with van der Waals surface area (Å²) in [4.78, 5) is 10.3. The van der Waals surface area contributed by atoms with Gasteiger partial charge in [-0.3, -0.25) is 0 Å². The maximum atomic E-state index is 10.3. The molecule has 1 atom stereocenters. The number of rotatable bonds is 2. The molecule has 12 heavy (non-hydrogen) atoms. The molecule has 0 radical (unpaired) electrons. The van der Waals surface area contributed by atoms with Gasteiger partial charge in [-0.15, -0.1) is 12.4 Å². The van der Waals surface area contributed by atoms with Crippen LogP contribution in [0, 0.1) is 5.92 Å². The summed E-state index contributed by atoms with van der Waals surface area (Å²) in [6.07, 6.45) is 3.92. The molecule has 1 fully saturated rings. The average Bonchev–Trinajstić information content (AvgIpc) is 2.05. The average molecular weight is 195 g/mol. The number of carboxylic acids is 1. The normalized spacial score (nSPS) is 21.1. The third-order valence-electron chi connectivity index (χ3n) is 2.35. The van der Waals surface area contributed by atoms with Gasteiger partial charge < -0.3 is 10.2 Å². The number of halogens is 1. The lowest BCUT2D eigenvalue weighted by Gasteiger charge is -2.23. The van der Waals surface area contributed by atoms with E-state index in [1.165, 1.54) is 6.42 Å². The molecule has 0 aliphatic heterocycles. The van der Waals surface area contributed by atoms with Crippen molar-refractivity contribution in [2.45, 2.75) is 38.2 Å². The number of hydrogen-bond acceptors (Lipinski definition) is 2. The molecular formula is C8H15ClO3. The highest BCUT2D eigenvalue weighted by Crippen LogP contribution is 2.26. The molecule has 0 bridgehead atoms. The van der Waals surface area contributed by atoms with E-state index in [9.17, 15) is 4.79 Å². The van der Waals surface area contributed by atoms with Crippen LogP contribution in [0.4, 0.5) is 0 Å².